The summed E-state index contributed by atoms with van der Waals surface area (Å²) < 4.78 is 43.5. The number of anilines is 3. The van der Waals surface area contributed by atoms with Crippen molar-refractivity contribution in [2.75, 3.05) is 10.6 Å². The fraction of sp³-hybridized carbons (Fsp3) is 0.125. The third kappa shape index (κ3) is 4.53. The maximum Gasteiger partial charge on any atom is 0.417 e. The number of aromatic nitrogens is 3. The van der Waals surface area contributed by atoms with Crippen molar-refractivity contribution in [3.8, 4) is 0 Å². The predicted molar refractivity (Wildman–Crippen MR) is 91.0 cm³/mol. The Morgan fingerprint density at radius 2 is 1.89 bits per heavy atom. The van der Waals surface area contributed by atoms with Crippen LogP contribution in [0, 0.1) is 6.92 Å². The van der Waals surface area contributed by atoms with E-state index in [0.717, 1.165) is 12.1 Å². The van der Waals surface area contributed by atoms with Crippen LogP contribution in [0.2, 0.25) is 5.02 Å². The molecule has 7 nitrogen and oxygen atoms in total. The number of hydrogen-bond donors (Lipinski definition) is 2. The molecule has 0 unspecified atom stereocenters. The van der Waals surface area contributed by atoms with Crippen molar-refractivity contribution in [1.29, 1.82) is 0 Å². The standard InChI is InChI=1S/C16H11ClF3N5O2/c1-8-6-14(25-27-8)22-15(26)12-4-5-13(24-23-12)21-9-2-3-11(17)10(7-9)16(18,19)20/h2-7H,1H3,(H,21,24)(H,22,25,26). The van der Waals surface area contributed by atoms with Crippen LogP contribution in [0.5, 0.6) is 0 Å². The van der Waals surface area contributed by atoms with Gasteiger partial charge >= 0.3 is 6.18 Å². The Labute approximate surface area is 155 Å². The lowest BCUT2D eigenvalue weighted by atomic mass is 10.2. The van der Waals surface area contributed by atoms with Gasteiger partial charge in [0.15, 0.2) is 17.3 Å². The molecule has 0 spiro atoms. The van der Waals surface area contributed by atoms with E-state index in [2.05, 4.69) is 26.0 Å². The predicted octanol–water partition coefficient (Wildman–Crippen LogP) is 4.44. The highest BCUT2D eigenvalue weighted by Crippen LogP contribution is 2.36. The van der Waals surface area contributed by atoms with Gasteiger partial charge in [-0.05, 0) is 37.3 Å². The van der Waals surface area contributed by atoms with E-state index >= 15 is 0 Å². The molecule has 0 aliphatic rings. The first-order valence-electron chi connectivity index (χ1n) is 7.44. The molecule has 1 aromatic carbocycles. The average Bonchev–Trinajstić information content (AvgIpc) is 3.01. The molecule has 0 fully saturated rings. The molecule has 0 atom stereocenters. The zero-order chi connectivity index (χ0) is 19.6. The number of aryl methyl sites for hydroxylation is 1. The van der Waals surface area contributed by atoms with Gasteiger partial charge in [-0.15, -0.1) is 10.2 Å². The van der Waals surface area contributed by atoms with Crippen molar-refractivity contribution < 1.29 is 22.5 Å². The average molecular weight is 398 g/mol. The zero-order valence-electron chi connectivity index (χ0n) is 13.6. The summed E-state index contributed by atoms with van der Waals surface area (Å²) in [4.78, 5) is 12.0. The summed E-state index contributed by atoms with van der Waals surface area (Å²) in [5.41, 5.74) is -0.856. The van der Waals surface area contributed by atoms with Gasteiger partial charge in [0.25, 0.3) is 5.91 Å². The molecule has 140 valence electrons. The minimum absolute atomic E-state index is 0.00621. The Morgan fingerprint density at radius 3 is 2.48 bits per heavy atom. The number of benzene rings is 1. The lowest BCUT2D eigenvalue weighted by molar-refractivity contribution is -0.137. The molecule has 11 heteroatoms. The van der Waals surface area contributed by atoms with Crippen LogP contribution in [0.1, 0.15) is 21.8 Å². The number of halogens is 4. The van der Waals surface area contributed by atoms with Gasteiger partial charge in [0, 0.05) is 11.8 Å². The van der Waals surface area contributed by atoms with Gasteiger partial charge in [-0.25, -0.2) is 0 Å². The Morgan fingerprint density at radius 1 is 1.11 bits per heavy atom. The smallest absolute Gasteiger partial charge is 0.360 e. The topological polar surface area (TPSA) is 92.9 Å². The van der Waals surface area contributed by atoms with E-state index < -0.39 is 22.7 Å². The van der Waals surface area contributed by atoms with Gasteiger partial charge in [-0.3, -0.25) is 4.79 Å². The number of hydrogen-bond acceptors (Lipinski definition) is 6. The molecule has 0 radical (unpaired) electrons. The van der Waals surface area contributed by atoms with Crippen molar-refractivity contribution in [2.45, 2.75) is 13.1 Å². The summed E-state index contributed by atoms with van der Waals surface area (Å²) in [6.07, 6.45) is -4.58. The summed E-state index contributed by atoms with van der Waals surface area (Å²) >= 11 is 5.58. The van der Waals surface area contributed by atoms with Crippen LogP contribution in [-0.4, -0.2) is 21.3 Å². The minimum Gasteiger partial charge on any atom is -0.360 e. The van der Waals surface area contributed by atoms with Gasteiger partial charge in [0.1, 0.15) is 5.76 Å². The fourth-order valence-electron chi connectivity index (χ4n) is 2.09. The molecule has 2 heterocycles. The highest BCUT2D eigenvalue weighted by Gasteiger charge is 2.33. The normalized spacial score (nSPS) is 11.3. The molecule has 0 saturated carbocycles. The summed E-state index contributed by atoms with van der Waals surface area (Å²) in [7, 11) is 0. The van der Waals surface area contributed by atoms with Crippen LogP contribution in [0.25, 0.3) is 0 Å². The Hall–Kier alpha value is -3.14. The van der Waals surface area contributed by atoms with E-state index in [9.17, 15) is 18.0 Å². The van der Waals surface area contributed by atoms with Gasteiger partial charge in [0.2, 0.25) is 0 Å². The molecule has 1 amide bonds. The largest absolute Gasteiger partial charge is 0.417 e. The van der Waals surface area contributed by atoms with E-state index in [1.54, 1.807) is 6.92 Å². The molecule has 27 heavy (non-hydrogen) atoms. The van der Waals surface area contributed by atoms with Crippen LogP contribution in [-0.2, 0) is 6.18 Å². The molecular formula is C16H11ClF3N5O2. The van der Waals surface area contributed by atoms with Crippen LogP contribution in [0.3, 0.4) is 0 Å². The lowest BCUT2D eigenvalue weighted by Gasteiger charge is -2.12. The first-order valence-corrected chi connectivity index (χ1v) is 7.82. The Bertz CT molecular complexity index is 973. The second kappa shape index (κ2) is 7.23. The first kappa shape index (κ1) is 18.6. The maximum absolute atomic E-state index is 12.9. The van der Waals surface area contributed by atoms with Crippen molar-refractivity contribution >= 4 is 34.8 Å². The van der Waals surface area contributed by atoms with E-state index in [-0.39, 0.29) is 23.0 Å². The SMILES string of the molecule is Cc1cc(NC(=O)c2ccc(Nc3ccc(Cl)c(C(F)(F)F)c3)nn2)no1. The summed E-state index contributed by atoms with van der Waals surface area (Å²) in [6.45, 7) is 1.67. The van der Waals surface area contributed by atoms with Crippen molar-refractivity contribution in [3.05, 3.63) is 58.4 Å². The third-order valence-corrected chi connectivity index (χ3v) is 3.64. The number of alkyl halides is 3. The molecule has 0 aliphatic heterocycles. The van der Waals surface area contributed by atoms with E-state index in [1.807, 2.05) is 0 Å². The summed E-state index contributed by atoms with van der Waals surface area (Å²) in [5.74, 6) is 0.340. The molecule has 2 N–H and O–H groups in total. The summed E-state index contributed by atoms with van der Waals surface area (Å²) in [6, 6.07) is 7.64. The van der Waals surface area contributed by atoms with Crippen LogP contribution < -0.4 is 10.6 Å². The number of nitrogens with zero attached hydrogens (tertiary/aromatic N) is 3. The maximum atomic E-state index is 12.9. The number of carbonyl (C=O) groups excluding carboxylic acids is 1. The molecule has 3 aromatic rings. The Kier molecular flexibility index (Phi) is 5.00. The molecular weight excluding hydrogens is 387 g/mol. The number of nitrogens with one attached hydrogen (secondary N) is 2. The number of amides is 1. The lowest BCUT2D eigenvalue weighted by Crippen LogP contribution is -2.14. The van der Waals surface area contributed by atoms with E-state index in [4.69, 9.17) is 16.1 Å². The monoisotopic (exact) mass is 397 g/mol. The minimum atomic E-state index is -4.58. The highest BCUT2D eigenvalue weighted by atomic mass is 35.5. The Balaban J connectivity index is 1.71. The highest BCUT2D eigenvalue weighted by molar-refractivity contribution is 6.31. The number of carbonyl (C=O) groups is 1. The third-order valence-electron chi connectivity index (χ3n) is 3.31. The fourth-order valence-corrected chi connectivity index (χ4v) is 2.32. The van der Waals surface area contributed by atoms with Gasteiger partial charge < -0.3 is 15.2 Å². The van der Waals surface area contributed by atoms with Crippen LogP contribution in [0.15, 0.2) is 40.9 Å². The van der Waals surface area contributed by atoms with Crippen molar-refractivity contribution in [3.63, 3.8) is 0 Å². The second-order valence-corrected chi connectivity index (χ2v) is 5.81. The second-order valence-electron chi connectivity index (χ2n) is 5.40. The molecule has 0 bridgehead atoms. The molecule has 3 rings (SSSR count). The van der Waals surface area contributed by atoms with E-state index in [0.29, 0.717) is 5.76 Å². The zero-order valence-corrected chi connectivity index (χ0v) is 14.4. The molecule has 0 saturated heterocycles. The van der Waals surface area contributed by atoms with Gasteiger partial charge in [0.05, 0.1) is 10.6 Å². The van der Waals surface area contributed by atoms with Crippen molar-refractivity contribution in [2.24, 2.45) is 0 Å². The number of rotatable bonds is 4. The molecule has 0 aliphatic carbocycles. The van der Waals surface area contributed by atoms with Gasteiger partial charge in [-0.1, -0.05) is 16.8 Å². The van der Waals surface area contributed by atoms with Crippen LogP contribution >= 0.6 is 11.6 Å². The molecule has 2 aromatic heterocycles. The van der Waals surface area contributed by atoms with E-state index in [1.165, 1.54) is 24.3 Å². The van der Waals surface area contributed by atoms with Crippen LogP contribution in [0.4, 0.5) is 30.5 Å². The summed E-state index contributed by atoms with van der Waals surface area (Å²) in [5, 5.41) is 15.9. The first-order chi connectivity index (χ1) is 12.7. The van der Waals surface area contributed by atoms with Gasteiger partial charge in [-0.2, -0.15) is 13.2 Å². The van der Waals surface area contributed by atoms with Crippen molar-refractivity contribution in [1.82, 2.24) is 15.4 Å². The quantitative estimate of drug-likeness (QED) is 0.676.